The fourth-order valence-electron chi connectivity index (χ4n) is 1.75. The maximum atomic E-state index is 10.8. The molecule has 6 heteroatoms. The summed E-state index contributed by atoms with van der Waals surface area (Å²) < 4.78 is 5.32. The van der Waals surface area contributed by atoms with Crippen LogP contribution in [0.25, 0.3) is 0 Å². The van der Waals surface area contributed by atoms with E-state index in [2.05, 4.69) is 10.3 Å². The molecule has 0 amide bonds. The fraction of sp³-hybridized carbons (Fsp3) is 0.455. The zero-order valence-electron chi connectivity index (χ0n) is 9.35. The van der Waals surface area contributed by atoms with Gasteiger partial charge < -0.3 is 20.9 Å². The molecule has 1 unspecified atom stereocenters. The van der Waals surface area contributed by atoms with Crippen LogP contribution in [0.2, 0.25) is 0 Å². The predicted molar refractivity (Wildman–Crippen MR) is 63.1 cm³/mol. The number of nitrogens with one attached hydrogen (secondary N) is 1. The summed E-state index contributed by atoms with van der Waals surface area (Å²) >= 11 is 0. The molecule has 2 rings (SSSR count). The Morgan fingerprint density at radius 2 is 2.41 bits per heavy atom. The molecule has 1 aliphatic heterocycles. The van der Waals surface area contributed by atoms with Crippen molar-refractivity contribution in [3.05, 3.63) is 17.8 Å². The van der Waals surface area contributed by atoms with Gasteiger partial charge in [-0.3, -0.25) is 0 Å². The van der Waals surface area contributed by atoms with Crippen LogP contribution in [0.4, 0.5) is 11.5 Å². The lowest BCUT2D eigenvalue weighted by molar-refractivity contribution is 0.0690. The van der Waals surface area contributed by atoms with Crippen LogP contribution in [0, 0.1) is 0 Å². The van der Waals surface area contributed by atoms with Crippen LogP contribution in [-0.4, -0.2) is 35.3 Å². The van der Waals surface area contributed by atoms with E-state index in [9.17, 15) is 4.79 Å². The number of pyridine rings is 1. The van der Waals surface area contributed by atoms with Crippen molar-refractivity contribution in [1.82, 2.24) is 4.98 Å². The van der Waals surface area contributed by atoms with Gasteiger partial charge in [0, 0.05) is 6.61 Å². The van der Waals surface area contributed by atoms with Crippen molar-refractivity contribution in [2.45, 2.75) is 18.9 Å². The number of aromatic nitrogens is 1. The van der Waals surface area contributed by atoms with Crippen molar-refractivity contribution < 1.29 is 14.6 Å². The van der Waals surface area contributed by atoms with Gasteiger partial charge in [0.25, 0.3) is 0 Å². The quantitative estimate of drug-likeness (QED) is 0.724. The number of carbonyl (C=O) groups is 1. The van der Waals surface area contributed by atoms with Crippen LogP contribution in [0.3, 0.4) is 0 Å². The van der Waals surface area contributed by atoms with E-state index < -0.39 is 5.97 Å². The average Bonchev–Trinajstić information content (AvgIpc) is 2.33. The predicted octanol–water partition coefficient (Wildman–Crippen LogP) is 0.953. The highest BCUT2D eigenvalue weighted by Gasteiger charge is 2.16. The van der Waals surface area contributed by atoms with Gasteiger partial charge in [0.05, 0.1) is 18.3 Å². The number of anilines is 2. The molecule has 2 heterocycles. The highest BCUT2D eigenvalue weighted by Crippen LogP contribution is 2.19. The fourth-order valence-corrected chi connectivity index (χ4v) is 1.75. The third-order valence-corrected chi connectivity index (χ3v) is 2.65. The summed E-state index contributed by atoms with van der Waals surface area (Å²) in [5.41, 5.74) is 6.18. The van der Waals surface area contributed by atoms with Crippen LogP contribution in [-0.2, 0) is 4.74 Å². The molecule has 4 N–H and O–H groups in total. The first-order chi connectivity index (χ1) is 8.16. The first-order valence-corrected chi connectivity index (χ1v) is 5.51. The smallest absolute Gasteiger partial charge is 0.354 e. The van der Waals surface area contributed by atoms with Gasteiger partial charge in [-0.1, -0.05) is 0 Å². The van der Waals surface area contributed by atoms with Gasteiger partial charge in [0.15, 0.2) is 11.5 Å². The third-order valence-electron chi connectivity index (χ3n) is 2.65. The minimum Gasteiger partial charge on any atom is -0.477 e. The van der Waals surface area contributed by atoms with E-state index in [1.54, 1.807) is 6.07 Å². The molecule has 92 valence electrons. The van der Waals surface area contributed by atoms with Gasteiger partial charge in [-0.15, -0.1) is 0 Å². The molecule has 0 spiro atoms. The summed E-state index contributed by atoms with van der Waals surface area (Å²) in [4.78, 5) is 14.8. The van der Waals surface area contributed by atoms with E-state index in [-0.39, 0.29) is 11.7 Å². The Bertz CT molecular complexity index is 416. The van der Waals surface area contributed by atoms with Gasteiger partial charge >= 0.3 is 5.97 Å². The molecule has 1 aromatic rings. The zero-order valence-corrected chi connectivity index (χ0v) is 9.35. The number of hydrogen-bond donors (Lipinski definition) is 3. The minimum atomic E-state index is -1.06. The number of hydrogen-bond acceptors (Lipinski definition) is 5. The van der Waals surface area contributed by atoms with E-state index in [1.165, 1.54) is 6.07 Å². The standard InChI is InChI=1S/C11H15N3O3/c12-8-3-4-9(11(15)16)14-10(8)13-7-2-1-5-17-6-7/h3-4,7H,1-2,5-6,12H2,(H,13,14)(H,15,16). The summed E-state index contributed by atoms with van der Waals surface area (Å²) in [6.45, 7) is 1.37. The van der Waals surface area contributed by atoms with Crippen molar-refractivity contribution in [2.24, 2.45) is 0 Å². The molecule has 0 saturated carbocycles. The normalized spacial score (nSPS) is 19.9. The maximum Gasteiger partial charge on any atom is 0.354 e. The molecule has 6 nitrogen and oxygen atoms in total. The second kappa shape index (κ2) is 5.01. The van der Waals surface area contributed by atoms with Crippen molar-refractivity contribution in [3.63, 3.8) is 0 Å². The second-order valence-electron chi connectivity index (χ2n) is 4.00. The lowest BCUT2D eigenvalue weighted by Gasteiger charge is -2.24. The van der Waals surface area contributed by atoms with Crippen LogP contribution < -0.4 is 11.1 Å². The largest absolute Gasteiger partial charge is 0.477 e. The Morgan fingerprint density at radius 1 is 1.59 bits per heavy atom. The zero-order chi connectivity index (χ0) is 12.3. The topological polar surface area (TPSA) is 97.5 Å². The van der Waals surface area contributed by atoms with Gasteiger partial charge in [-0.2, -0.15) is 0 Å². The van der Waals surface area contributed by atoms with E-state index in [1.807, 2.05) is 0 Å². The van der Waals surface area contributed by atoms with Gasteiger partial charge in [-0.05, 0) is 25.0 Å². The summed E-state index contributed by atoms with van der Waals surface area (Å²) in [5, 5.41) is 12.0. The highest BCUT2D eigenvalue weighted by molar-refractivity contribution is 5.86. The Balaban J connectivity index is 2.13. The number of aromatic carboxylic acids is 1. The molecule has 0 aromatic carbocycles. The number of ether oxygens (including phenoxy) is 1. The van der Waals surface area contributed by atoms with E-state index in [4.69, 9.17) is 15.6 Å². The van der Waals surface area contributed by atoms with Crippen molar-refractivity contribution in [3.8, 4) is 0 Å². The molecule has 1 atom stereocenters. The maximum absolute atomic E-state index is 10.8. The second-order valence-corrected chi connectivity index (χ2v) is 4.00. The molecule has 0 radical (unpaired) electrons. The molecule has 17 heavy (non-hydrogen) atoms. The Morgan fingerprint density at radius 3 is 3.06 bits per heavy atom. The lowest BCUT2D eigenvalue weighted by atomic mass is 10.1. The van der Waals surface area contributed by atoms with Crippen LogP contribution in [0.5, 0.6) is 0 Å². The number of carboxylic acids is 1. The average molecular weight is 237 g/mol. The summed E-state index contributed by atoms with van der Waals surface area (Å²) in [7, 11) is 0. The molecule has 1 fully saturated rings. The van der Waals surface area contributed by atoms with Gasteiger partial charge in [0.2, 0.25) is 0 Å². The molecular weight excluding hydrogens is 222 g/mol. The summed E-state index contributed by atoms with van der Waals surface area (Å²) in [5.74, 6) is -0.645. The molecule has 1 saturated heterocycles. The first kappa shape index (κ1) is 11.7. The molecular formula is C11H15N3O3. The van der Waals surface area contributed by atoms with E-state index in [0.717, 1.165) is 19.4 Å². The Labute approximate surface area is 98.8 Å². The van der Waals surface area contributed by atoms with Gasteiger partial charge in [0.1, 0.15) is 0 Å². The molecule has 0 bridgehead atoms. The summed E-state index contributed by atoms with van der Waals surface area (Å²) in [6.07, 6.45) is 1.95. The minimum absolute atomic E-state index is 0.0153. The van der Waals surface area contributed by atoms with Crippen LogP contribution in [0.15, 0.2) is 12.1 Å². The number of nitrogens with two attached hydrogens (primary N) is 1. The van der Waals surface area contributed by atoms with E-state index in [0.29, 0.717) is 18.1 Å². The number of rotatable bonds is 3. The van der Waals surface area contributed by atoms with Crippen molar-refractivity contribution in [2.75, 3.05) is 24.3 Å². The SMILES string of the molecule is Nc1ccc(C(=O)O)nc1NC1CCCOC1. The number of carboxylic acid groups (broad SMARTS) is 1. The van der Waals surface area contributed by atoms with Crippen molar-refractivity contribution in [1.29, 1.82) is 0 Å². The lowest BCUT2D eigenvalue weighted by Crippen LogP contribution is -2.30. The molecule has 1 aliphatic rings. The molecule has 0 aliphatic carbocycles. The summed E-state index contributed by atoms with van der Waals surface area (Å²) in [6, 6.07) is 3.07. The third kappa shape index (κ3) is 2.85. The number of nitrogens with zero attached hydrogens (tertiary/aromatic N) is 1. The van der Waals surface area contributed by atoms with Gasteiger partial charge in [-0.25, -0.2) is 9.78 Å². The van der Waals surface area contributed by atoms with Crippen molar-refractivity contribution >= 4 is 17.5 Å². The Hall–Kier alpha value is -1.82. The molecule has 1 aromatic heterocycles. The Kier molecular flexibility index (Phi) is 3.43. The van der Waals surface area contributed by atoms with E-state index >= 15 is 0 Å². The van der Waals surface area contributed by atoms with Crippen LogP contribution in [0.1, 0.15) is 23.3 Å². The highest BCUT2D eigenvalue weighted by atomic mass is 16.5. The first-order valence-electron chi connectivity index (χ1n) is 5.51. The van der Waals surface area contributed by atoms with Crippen LogP contribution >= 0.6 is 0 Å². The number of nitrogen functional groups attached to an aromatic ring is 1. The monoisotopic (exact) mass is 237 g/mol.